The first-order valence-electron chi connectivity index (χ1n) is 10.3. The van der Waals surface area contributed by atoms with Crippen molar-refractivity contribution in [3.05, 3.63) is 65.8 Å². The number of aromatic nitrogens is 2. The molecule has 4 rings (SSSR count). The highest BCUT2D eigenvalue weighted by Gasteiger charge is 2.32. The van der Waals surface area contributed by atoms with Gasteiger partial charge in [0.15, 0.2) is 0 Å². The van der Waals surface area contributed by atoms with Crippen LogP contribution in [0.5, 0.6) is 0 Å². The summed E-state index contributed by atoms with van der Waals surface area (Å²) in [5.74, 6) is 0.497. The van der Waals surface area contributed by atoms with Crippen LogP contribution in [0.15, 0.2) is 57.8 Å². The Hall–Kier alpha value is -2.58. The smallest absolute Gasteiger partial charge is 0.247 e. The lowest BCUT2D eigenvalue weighted by Gasteiger charge is -2.29. The monoisotopic (exact) mass is 443 g/mol. The van der Waals surface area contributed by atoms with Gasteiger partial charge in [-0.1, -0.05) is 32.9 Å². The lowest BCUT2D eigenvalue weighted by atomic mass is 9.87. The van der Waals surface area contributed by atoms with Crippen LogP contribution >= 0.6 is 0 Å². The summed E-state index contributed by atoms with van der Waals surface area (Å²) in [5.41, 5.74) is 1.72. The van der Waals surface area contributed by atoms with Crippen LogP contribution in [-0.4, -0.2) is 36.0 Å². The van der Waals surface area contributed by atoms with Crippen molar-refractivity contribution in [2.75, 3.05) is 13.1 Å². The fourth-order valence-corrected chi connectivity index (χ4v) is 5.20. The molecule has 3 aromatic rings. The zero-order chi connectivity index (χ0) is 22.2. The van der Waals surface area contributed by atoms with Gasteiger partial charge in [0, 0.05) is 24.6 Å². The Bertz CT molecular complexity index is 1140. The van der Waals surface area contributed by atoms with Crippen molar-refractivity contribution < 1.29 is 17.2 Å². The van der Waals surface area contributed by atoms with E-state index in [0.29, 0.717) is 48.2 Å². The molecular weight excluding hydrogens is 417 g/mol. The minimum atomic E-state index is -3.54. The zero-order valence-electron chi connectivity index (χ0n) is 17.9. The normalized spacial score (nSPS) is 16.5. The molecule has 0 N–H and O–H groups in total. The van der Waals surface area contributed by atoms with Gasteiger partial charge in [0.05, 0.1) is 4.90 Å². The van der Waals surface area contributed by atoms with Gasteiger partial charge in [0.1, 0.15) is 5.82 Å². The second-order valence-corrected chi connectivity index (χ2v) is 10.8. The summed E-state index contributed by atoms with van der Waals surface area (Å²) in [6.45, 7) is 7.07. The maximum Gasteiger partial charge on any atom is 0.247 e. The molecule has 0 radical (unpaired) electrons. The van der Waals surface area contributed by atoms with Gasteiger partial charge in [-0.15, -0.1) is 10.2 Å². The summed E-state index contributed by atoms with van der Waals surface area (Å²) in [7, 11) is -3.54. The summed E-state index contributed by atoms with van der Waals surface area (Å²) in [6.07, 6.45) is 1.20. The summed E-state index contributed by atoms with van der Waals surface area (Å²) in [6, 6.07) is 13.0. The molecule has 1 aliphatic rings. The van der Waals surface area contributed by atoms with Gasteiger partial charge in [-0.25, -0.2) is 12.8 Å². The Kier molecular flexibility index (Phi) is 5.70. The second-order valence-electron chi connectivity index (χ2n) is 8.91. The van der Waals surface area contributed by atoms with E-state index in [1.54, 1.807) is 24.3 Å². The quantitative estimate of drug-likeness (QED) is 0.582. The summed E-state index contributed by atoms with van der Waals surface area (Å²) >= 11 is 0. The first-order chi connectivity index (χ1) is 14.6. The number of piperidine rings is 1. The number of rotatable bonds is 4. The third-order valence-corrected chi connectivity index (χ3v) is 7.61. The van der Waals surface area contributed by atoms with Gasteiger partial charge in [-0.05, 0) is 60.2 Å². The lowest BCUT2D eigenvalue weighted by Crippen LogP contribution is -2.38. The van der Waals surface area contributed by atoms with Crippen LogP contribution in [0.25, 0.3) is 11.5 Å². The van der Waals surface area contributed by atoms with Gasteiger partial charge in [0.2, 0.25) is 21.8 Å². The number of nitrogens with zero attached hydrogens (tertiary/aromatic N) is 3. The van der Waals surface area contributed by atoms with Crippen molar-refractivity contribution >= 4 is 10.0 Å². The molecule has 1 aromatic heterocycles. The van der Waals surface area contributed by atoms with Crippen LogP contribution in [0.3, 0.4) is 0 Å². The molecule has 1 aliphatic heterocycles. The molecule has 0 spiro atoms. The van der Waals surface area contributed by atoms with Crippen molar-refractivity contribution in [1.29, 1.82) is 0 Å². The second kappa shape index (κ2) is 8.16. The molecule has 2 aromatic carbocycles. The van der Waals surface area contributed by atoms with E-state index in [9.17, 15) is 12.8 Å². The van der Waals surface area contributed by atoms with Crippen LogP contribution < -0.4 is 0 Å². The molecule has 0 bridgehead atoms. The van der Waals surface area contributed by atoms with Gasteiger partial charge < -0.3 is 4.42 Å². The third-order valence-electron chi connectivity index (χ3n) is 5.69. The first-order valence-corrected chi connectivity index (χ1v) is 11.8. The van der Waals surface area contributed by atoms with Crippen LogP contribution in [0, 0.1) is 5.82 Å². The van der Waals surface area contributed by atoms with Crippen LogP contribution in [0.1, 0.15) is 51.0 Å². The van der Waals surface area contributed by atoms with Gasteiger partial charge >= 0.3 is 0 Å². The first kappa shape index (κ1) is 21.6. The highest BCUT2D eigenvalue weighted by atomic mass is 32.2. The van der Waals surface area contributed by atoms with Crippen molar-refractivity contribution in [2.45, 2.75) is 49.8 Å². The predicted octanol–water partition coefficient (Wildman–Crippen LogP) is 4.74. The van der Waals surface area contributed by atoms with Gasteiger partial charge in [-0.2, -0.15) is 4.31 Å². The standard InChI is InChI=1S/C23H26FN3O3S/c1-23(2,3)18-6-10-20(11-7-18)31(28,29)27-14-12-17(13-15-27)22-26-25-21(30-22)16-4-8-19(24)9-5-16/h4-11,17H,12-15H2,1-3H3. The molecule has 0 aliphatic carbocycles. The summed E-state index contributed by atoms with van der Waals surface area (Å²) < 4.78 is 46.5. The molecule has 1 saturated heterocycles. The van der Waals surface area contributed by atoms with E-state index < -0.39 is 10.0 Å². The predicted molar refractivity (Wildman–Crippen MR) is 116 cm³/mol. The van der Waals surface area contributed by atoms with Crippen molar-refractivity contribution in [3.8, 4) is 11.5 Å². The highest BCUT2D eigenvalue weighted by molar-refractivity contribution is 7.89. The molecule has 164 valence electrons. The Morgan fingerprint density at radius 2 is 1.58 bits per heavy atom. The van der Waals surface area contributed by atoms with Crippen molar-refractivity contribution in [2.24, 2.45) is 0 Å². The maximum absolute atomic E-state index is 13.1. The van der Waals surface area contributed by atoms with E-state index in [1.807, 2.05) is 12.1 Å². The van der Waals surface area contributed by atoms with E-state index >= 15 is 0 Å². The lowest BCUT2D eigenvalue weighted by molar-refractivity contribution is 0.291. The SMILES string of the molecule is CC(C)(C)c1ccc(S(=O)(=O)N2CCC(c3nnc(-c4ccc(F)cc4)o3)CC2)cc1. The topological polar surface area (TPSA) is 76.3 Å². The van der Waals surface area contributed by atoms with E-state index in [4.69, 9.17) is 4.42 Å². The summed E-state index contributed by atoms with van der Waals surface area (Å²) in [4.78, 5) is 0.315. The number of benzene rings is 2. The molecule has 1 fully saturated rings. The number of hydrogen-bond donors (Lipinski definition) is 0. The average molecular weight is 444 g/mol. The van der Waals surface area contributed by atoms with E-state index in [0.717, 1.165) is 5.56 Å². The van der Waals surface area contributed by atoms with E-state index in [-0.39, 0.29) is 17.2 Å². The number of hydrogen-bond acceptors (Lipinski definition) is 5. The molecule has 6 nitrogen and oxygen atoms in total. The van der Waals surface area contributed by atoms with Gasteiger partial charge in [-0.3, -0.25) is 0 Å². The fraction of sp³-hybridized carbons (Fsp3) is 0.391. The summed E-state index contributed by atoms with van der Waals surface area (Å²) in [5, 5.41) is 8.20. The number of sulfonamides is 1. The zero-order valence-corrected chi connectivity index (χ0v) is 18.7. The van der Waals surface area contributed by atoms with Crippen molar-refractivity contribution in [1.82, 2.24) is 14.5 Å². The number of halogens is 1. The highest BCUT2D eigenvalue weighted by Crippen LogP contribution is 2.32. The average Bonchev–Trinajstić information content (AvgIpc) is 3.24. The maximum atomic E-state index is 13.1. The van der Waals surface area contributed by atoms with Crippen LogP contribution in [-0.2, 0) is 15.4 Å². The van der Waals surface area contributed by atoms with Crippen molar-refractivity contribution in [3.63, 3.8) is 0 Å². The minimum absolute atomic E-state index is 0.00332. The Balaban J connectivity index is 1.43. The Labute approximate surface area is 182 Å². The fourth-order valence-electron chi connectivity index (χ4n) is 3.73. The molecule has 0 saturated carbocycles. The minimum Gasteiger partial charge on any atom is -0.420 e. The molecular formula is C23H26FN3O3S. The van der Waals surface area contributed by atoms with E-state index in [1.165, 1.54) is 16.4 Å². The molecule has 0 amide bonds. The Morgan fingerprint density at radius 3 is 2.16 bits per heavy atom. The molecule has 31 heavy (non-hydrogen) atoms. The molecule has 2 heterocycles. The van der Waals surface area contributed by atoms with E-state index in [2.05, 4.69) is 31.0 Å². The molecule has 8 heteroatoms. The van der Waals surface area contributed by atoms with Crippen LogP contribution in [0.4, 0.5) is 4.39 Å². The van der Waals surface area contributed by atoms with Gasteiger partial charge in [0.25, 0.3) is 0 Å². The molecule has 0 atom stereocenters. The third kappa shape index (κ3) is 4.55. The van der Waals surface area contributed by atoms with Crippen LogP contribution in [0.2, 0.25) is 0 Å². The largest absolute Gasteiger partial charge is 0.420 e. The Morgan fingerprint density at radius 1 is 0.968 bits per heavy atom. The molecule has 0 unspecified atom stereocenters.